The summed E-state index contributed by atoms with van der Waals surface area (Å²) in [4.78, 5) is 0.320. The van der Waals surface area contributed by atoms with E-state index in [2.05, 4.69) is 27.9 Å². The monoisotopic (exact) mass is 422 g/mol. The van der Waals surface area contributed by atoms with E-state index in [0.717, 1.165) is 20.5 Å². The van der Waals surface area contributed by atoms with Crippen LogP contribution in [0.25, 0.3) is 0 Å². The average Bonchev–Trinajstić information content (AvgIpc) is 2.34. The molecule has 0 fully saturated rings. The first kappa shape index (κ1) is 14.8. The van der Waals surface area contributed by atoms with Crippen LogP contribution < -0.4 is 11.1 Å². The Morgan fingerprint density at radius 1 is 1.05 bits per heavy atom. The fourth-order valence-corrected chi connectivity index (χ4v) is 2.76. The van der Waals surface area contributed by atoms with E-state index < -0.39 is 0 Å². The van der Waals surface area contributed by atoms with Gasteiger partial charge in [0.1, 0.15) is 4.99 Å². The summed E-state index contributed by atoms with van der Waals surface area (Å²) in [6, 6.07) is 11.1. The van der Waals surface area contributed by atoms with Gasteiger partial charge in [0.2, 0.25) is 0 Å². The quantitative estimate of drug-likeness (QED) is 0.541. The second kappa shape index (κ2) is 6.26. The highest BCUT2D eigenvalue weighted by Crippen LogP contribution is 2.31. The van der Waals surface area contributed by atoms with Gasteiger partial charge in [-0.3, -0.25) is 0 Å². The third kappa shape index (κ3) is 3.72. The van der Waals surface area contributed by atoms with Gasteiger partial charge in [-0.25, -0.2) is 0 Å². The lowest BCUT2D eigenvalue weighted by Crippen LogP contribution is -2.09. The summed E-state index contributed by atoms with van der Waals surface area (Å²) < 4.78 is 1.07. The molecular weight excluding hydrogens is 414 g/mol. The van der Waals surface area contributed by atoms with Gasteiger partial charge in [-0.15, -0.1) is 0 Å². The summed E-state index contributed by atoms with van der Waals surface area (Å²) in [5.74, 6) is 0. The smallest absolute Gasteiger partial charge is 0.104 e. The molecule has 0 atom stereocenters. The van der Waals surface area contributed by atoms with Gasteiger partial charge in [0.25, 0.3) is 0 Å². The van der Waals surface area contributed by atoms with Crippen molar-refractivity contribution in [2.24, 2.45) is 5.73 Å². The van der Waals surface area contributed by atoms with Crippen molar-refractivity contribution in [3.63, 3.8) is 0 Å². The minimum Gasteiger partial charge on any atom is -0.389 e. The Bertz CT molecular complexity index is 647. The highest BCUT2D eigenvalue weighted by molar-refractivity contribution is 14.1. The Balaban J connectivity index is 2.31. The largest absolute Gasteiger partial charge is 0.389 e. The van der Waals surface area contributed by atoms with Crippen LogP contribution in [-0.4, -0.2) is 4.99 Å². The molecule has 6 heteroatoms. The predicted molar refractivity (Wildman–Crippen MR) is 94.8 cm³/mol. The van der Waals surface area contributed by atoms with Crippen molar-refractivity contribution in [1.29, 1.82) is 0 Å². The summed E-state index contributed by atoms with van der Waals surface area (Å²) >= 11 is 19.5. The Morgan fingerprint density at radius 2 is 1.63 bits per heavy atom. The lowest BCUT2D eigenvalue weighted by Gasteiger charge is -2.11. The number of thiocarbonyl (C=S) groups is 1. The van der Waals surface area contributed by atoms with Crippen LogP contribution in [0, 0.1) is 3.57 Å². The molecule has 0 saturated heterocycles. The lowest BCUT2D eigenvalue weighted by molar-refractivity contribution is 1.52. The van der Waals surface area contributed by atoms with E-state index in [-0.39, 0.29) is 0 Å². The maximum atomic E-state index is 6.18. The van der Waals surface area contributed by atoms with Crippen LogP contribution in [-0.2, 0) is 0 Å². The molecule has 2 aromatic rings. The van der Waals surface area contributed by atoms with E-state index in [4.69, 9.17) is 41.2 Å². The van der Waals surface area contributed by atoms with Gasteiger partial charge in [-0.2, -0.15) is 0 Å². The first-order chi connectivity index (χ1) is 8.97. The maximum absolute atomic E-state index is 6.18. The van der Waals surface area contributed by atoms with E-state index in [9.17, 15) is 0 Å². The molecule has 0 heterocycles. The Hall–Kier alpha value is -0.560. The van der Waals surface area contributed by atoms with E-state index >= 15 is 0 Å². The summed E-state index contributed by atoms with van der Waals surface area (Å²) in [6.45, 7) is 0. The van der Waals surface area contributed by atoms with Gasteiger partial charge in [0, 0.05) is 9.13 Å². The molecule has 3 N–H and O–H groups in total. The van der Waals surface area contributed by atoms with Crippen molar-refractivity contribution in [1.82, 2.24) is 0 Å². The SMILES string of the molecule is NC(=S)c1ccc(Nc2ccc(I)cc2Cl)c(Cl)c1. The summed E-state index contributed by atoms with van der Waals surface area (Å²) in [6.07, 6.45) is 0. The zero-order valence-corrected chi connectivity index (χ0v) is 14.1. The Kier molecular flexibility index (Phi) is 4.89. The van der Waals surface area contributed by atoms with Crippen LogP contribution in [0.4, 0.5) is 11.4 Å². The number of nitrogens with one attached hydrogen (secondary N) is 1. The van der Waals surface area contributed by atoms with Crippen LogP contribution in [0.3, 0.4) is 0 Å². The first-order valence-corrected chi connectivity index (χ1v) is 7.53. The highest BCUT2D eigenvalue weighted by Gasteiger charge is 2.06. The molecule has 0 amide bonds. The molecule has 0 aliphatic heterocycles. The van der Waals surface area contributed by atoms with Crippen molar-refractivity contribution in [3.8, 4) is 0 Å². The van der Waals surface area contributed by atoms with Gasteiger partial charge in [-0.1, -0.05) is 35.4 Å². The van der Waals surface area contributed by atoms with E-state index in [1.165, 1.54) is 0 Å². The molecule has 2 aromatic carbocycles. The molecule has 0 unspecified atom stereocenters. The van der Waals surface area contributed by atoms with Crippen LogP contribution in [0.5, 0.6) is 0 Å². The minimum absolute atomic E-state index is 0.320. The molecule has 0 bridgehead atoms. The molecule has 0 saturated carbocycles. The molecule has 0 aliphatic carbocycles. The molecule has 0 aliphatic rings. The fraction of sp³-hybridized carbons (Fsp3) is 0. The minimum atomic E-state index is 0.320. The number of benzene rings is 2. The van der Waals surface area contributed by atoms with Crippen LogP contribution >= 0.6 is 58.0 Å². The zero-order valence-electron chi connectivity index (χ0n) is 9.58. The predicted octanol–water partition coefficient (Wildman–Crippen LogP) is 4.98. The van der Waals surface area contributed by atoms with E-state index in [0.29, 0.717) is 15.0 Å². The third-order valence-corrected chi connectivity index (χ3v) is 3.99. The molecule has 0 aromatic heterocycles. The van der Waals surface area contributed by atoms with E-state index in [1.54, 1.807) is 6.07 Å². The van der Waals surface area contributed by atoms with Crippen molar-refractivity contribution in [2.45, 2.75) is 0 Å². The number of hydrogen-bond donors (Lipinski definition) is 2. The number of rotatable bonds is 3. The second-order valence-electron chi connectivity index (χ2n) is 3.81. The molecule has 0 spiro atoms. The first-order valence-electron chi connectivity index (χ1n) is 5.29. The Labute approximate surface area is 140 Å². The van der Waals surface area contributed by atoms with Gasteiger partial charge >= 0.3 is 0 Å². The number of halogens is 3. The molecule has 98 valence electrons. The van der Waals surface area contributed by atoms with Crippen molar-refractivity contribution in [3.05, 3.63) is 55.6 Å². The van der Waals surface area contributed by atoms with Crippen LogP contribution in [0.2, 0.25) is 10.0 Å². The van der Waals surface area contributed by atoms with Gasteiger partial charge in [-0.05, 0) is 59.0 Å². The number of anilines is 2. The molecule has 0 radical (unpaired) electrons. The standard InChI is InChI=1S/C13H9Cl2IN2S/c14-9-5-7(13(17)19)1-3-11(9)18-12-4-2-8(16)6-10(12)15/h1-6,18H,(H2,17,19). The number of hydrogen-bond acceptors (Lipinski definition) is 2. The van der Waals surface area contributed by atoms with Crippen molar-refractivity contribution >= 4 is 74.4 Å². The number of nitrogens with two attached hydrogens (primary N) is 1. The molecular formula is C13H9Cl2IN2S. The maximum Gasteiger partial charge on any atom is 0.104 e. The highest BCUT2D eigenvalue weighted by atomic mass is 127. The summed E-state index contributed by atoms with van der Waals surface area (Å²) in [5.41, 5.74) is 7.84. The van der Waals surface area contributed by atoms with Crippen molar-refractivity contribution in [2.75, 3.05) is 5.32 Å². The lowest BCUT2D eigenvalue weighted by atomic mass is 10.2. The Morgan fingerprint density at radius 3 is 2.16 bits per heavy atom. The normalized spacial score (nSPS) is 10.3. The fourth-order valence-electron chi connectivity index (χ4n) is 1.51. The second-order valence-corrected chi connectivity index (χ2v) is 6.31. The van der Waals surface area contributed by atoms with Gasteiger partial charge < -0.3 is 11.1 Å². The zero-order chi connectivity index (χ0) is 14.0. The average molecular weight is 423 g/mol. The van der Waals surface area contributed by atoms with E-state index in [1.807, 2.05) is 30.3 Å². The summed E-state index contributed by atoms with van der Waals surface area (Å²) in [7, 11) is 0. The molecule has 19 heavy (non-hydrogen) atoms. The van der Waals surface area contributed by atoms with Gasteiger partial charge in [0.15, 0.2) is 0 Å². The van der Waals surface area contributed by atoms with Crippen LogP contribution in [0.1, 0.15) is 5.56 Å². The molecule has 2 rings (SSSR count). The molecule has 2 nitrogen and oxygen atoms in total. The van der Waals surface area contributed by atoms with Crippen LogP contribution in [0.15, 0.2) is 36.4 Å². The summed E-state index contributed by atoms with van der Waals surface area (Å²) in [5, 5.41) is 4.36. The van der Waals surface area contributed by atoms with Gasteiger partial charge in [0.05, 0.1) is 21.4 Å². The topological polar surface area (TPSA) is 38.0 Å². The van der Waals surface area contributed by atoms with Crippen molar-refractivity contribution < 1.29 is 0 Å². The third-order valence-electron chi connectivity index (χ3n) is 2.45.